The molecule has 0 spiro atoms. The Balaban J connectivity index is 1.56. The molecule has 1 aliphatic carbocycles. The van der Waals surface area contributed by atoms with Gasteiger partial charge in [0.05, 0.1) is 0 Å². The Morgan fingerprint density at radius 1 is 1.32 bits per heavy atom. The van der Waals surface area contributed by atoms with Crippen molar-refractivity contribution < 1.29 is 9.53 Å². The third-order valence-electron chi connectivity index (χ3n) is 4.70. The predicted octanol–water partition coefficient (Wildman–Crippen LogP) is 3.44. The molecule has 3 atom stereocenters. The van der Waals surface area contributed by atoms with Gasteiger partial charge in [0.1, 0.15) is 6.61 Å². The fraction of sp³-hybridized carbons (Fsp3) is 0.562. The summed E-state index contributed by atoms with van der Waals surface area (Å²) in [5, 5.41) is 0. The van der Waals surface area contributed by atoms with E-state index in [1.807, 2.05) is 35.2 Å². The maximum Gasteiger partial charge on any atom is 0.410 e. The normalized spacial score (nSPS) is 29.3. The van der Waals surface area contributed by atoms with Crippen LogP contribution in [0.25, 0.3) is 0 Å². The number of likely N-dealkylation sites (tertiary alicyclic amines) is 1. The molecule has 1 saturated carbocycles. The van der Waals surface area contributed by atoms with Crippen LogP contribution in [-0.2, 0) is 11.3 Å². The lowest BCUT2D eigenvalue weighted by Crippen LogP contribution is -2.36. The molecule has 0 aromatic heterocycles. The maximum absolute atomic E-state index is 12.2. The van der Waals surface area contributed by atoms with E-state index in [0.717, 1.165) is 12.1 Å². The van der Waals surface area contributed by atoms with E-state index in [2.05, 4.69) is 6.92 Å². The summed E-state index contributed by atoms with van der Waals surface area (Å²) in [5.74, 6) is 1.41. The van der Waals surface area contributed by atoms with Crippen molar-refractivity contribution >= 4 is 6.09 Å². The van der Waals surface area contributed by atoms with Crippen LogP contribution in [-0.4, -0.2) is 23.6 Å². The molecule has 102 valence electrons. The van der Waals surface area contributed by atoms with E-state index < -0.39 is 0 Å². The third kappa shape index (κ3) is 2.46. The molecular formula is C16H21NO2. The van der Waals surface area contributed by atoms with Crippen LogP contribution >= 0.6 is 0 Å². The van der Waals surface area contributed by atoms with E-state index in [4.69, 9.17) is 4.74 Å². The zero-order valence-corrected chi connectivity index (χ0v) is 11.4. The fourth-order valence-electron chi connectivity index (χ4n) is 3.62. The molecule has 2 fully saturated rings. The number of benzene rings is 1. The molecule has 1 aliphatic heterocycles. The lowest BCUT2D eigenvalue weighted by Gasteiger charge is -2.23. The van der Waals surface area contributed by atoms with E-state index in [-0.39, 0.29) is 6.09 Å². The van der Waals surface area contributed by atoms with Crippen molar-refractivity contribution in [1.29, 1.82) is 0 Å². The molecular weight excluding hydrogens is 238 g/mol. The first-order valence-corrected chi connectivity index (χ1v) is 7.23. The second kappa shape index (κ2) is 5.24. The number of ether oxygens (including phenoxy) is 1. The largest absolute Gasteiger partial charge is 0.445 e. The lowest BCUT2D eigenvalue weighted by molar-refractivity contribution is 0.0900. The van der Waals surface area contributed by atoms with Crippen LogP contribution < -0.4 is 0 Å². The predicted molar refractivity (Wildman–Crippen MR) is 73.6 cm³/mol. The van der Waals surface area contributed by atoms with Gasteiger partial charge in [-0.3, -0.25) is 0 Å². The van der Waals surface area contributed by atoms with Gasteiger partial charge in [-0.25, -0.2) is 4.79 Å². The molecule has 3 rings (SSSR count). The monoisotopic (exact) mass is 259 g/mol. The van der Waals surface area contributed by atoms with Crippen molar-refractivity contribution in [2.24, 2.45) is 11.8 Å². The summed E-state index contributed by atoms with van der Waals surface area (Å²) in [4.78, 5) is 14.1. The third-order valence-corrected chi connectivity index (χ3v) is 4.70. The van der Waals surface area contributed by atoms with Gasteiger partial charge in [-0.2, -0.15) is 0 Å². The Hall–Kier alpha value is -1.51. The van der Waals surface area contributed by atoms with E-state index in [1.54, 1.807) is 0 Å². The highest BCUT2D eigenvalue weighted by Crippen LogP contribution is 2.42. The number of hydrogen-bond donors (Lipinski definition) is 0. The van der Waals surface area contributed by atoms with Crippen LogP contribution in [0.4, 0.5) is 4.79 Å². The van der Waals surface area contributed by atoms with Crippen molar-refractivity contribution in [2.45, 2.75) is 38.8 Å². The molecule has 19 heavy (non-hydrogen) atoms. The minimum absolute atomic E-state index is 0.147. The van der Waals surface area contributed by atoms with Gasteiger partial charge in [0.2, 0.25) is 0 Å². The smallest absolute Gasteiger partial charge is 0.410 e. The highest BCUT2D eigenvalue weighted by Gasteiger charge is 2.44. The maximum atomic E-state index is 12.2. The Bertz CT molecular complexity index is 445. The Morgan fingerprint density at radius 3 is 2.84 bits per heavy atom. The Labute approximate surface area is 114 Å². The first-order valence-electron chi connectivity index (χ1n) is 7.23. The lowest BCUT2D eigenvalue weighted by atomic mass is 9.95. The van der Waals surface area contributed by atoms with Crippen LogP contribution in [0.15, 0.2) is 30.3 Å². The molecule has 0 unspecified atom stereocenters. The summed E-state index contributed by atoms with van der Waals surface area (Å²) in [5.41, 5.74) is 1.04. The zero-order valence-electron chi connectivity index (χ0n) is 11.4. The molecule has 1 aromatic carbocycles. The standard InChI is InChI=1S/C16H21NO2/c1-12-15-9-5-8-14(15)10-17(12)16(18)19-11-13-6-3-2-4-7-13/h2-4,6-7,12,14-15H,5,8-11H2,1H3/t12-,14+,15+/m1/s1. The van der Waals surface area contributed by atoms with Gasteiger partial charge in [-0.15, -0.1) is 0 Å². The molecule has 1 aromatic rings. The number of rotatable bonds is 2. The van der Waals surface area contributed by atoms with Crippen LogP contribution in [0.2, 0.25) is 0 Å². The molecule has 1 amide bonds. The number of hydrogen-bond acceptors (Lipinski definition) is 2. The summed E-state index contributed by atoms with van der Waals surface area (Å²) in [6.07, 6.45) is 3.73. The second-order valence-corrected chi connectivity index (χ2v) is 5.79. The average molecular weight is 259 g/mol. The van der Waals surface area contributed by atoms with Gasteiger partial charge < -0.3 is 9.64 Å². The summed E-state index contributed by atoms with van der Waals surface area (Å²) in [6.45, 7) is 3.43. The van der Waals surface area contributed by atoms with Crippen molar-refractivity contribution in [1.82, 2.24) is 4.90 Å². The van der Waals surface area contributed by atoms with Crippen LogP contribution in [0.3, 0.4) is 0 Å². The number of amides is 1. The molecule has 0 bridgehead atoms. The van der Waals surface area contributed by atoms with Gasteiger partial charge in [0, 0.05) is 12.6 Å². The molecule has 1 saturated heterocycles. The number of fused-ring (bicyclic) bond motifs is 1. The van der Waals surface area contributed by atoms with E-state index in [1.165, 1.54) is 19.3 Å². The van der Waals surface area contributed by atoms with Gasteiger partial charge in [-0.05, 0) is 37.2 Å². The first-order chi connectivity index (χ1) is 9.25. The highest BCUT2D eigenvalue weighted by atomic mass is 16.6. The van der Waals surface area contributed by atoms with Crippen molar-refractivity contribution in [2.75, 3.05) is 6.54 Å². The molecule has 3 heteroatoms. The molecule has 0 N–H and O–H groups in total. The summed E-state index contributed by atoms with van der Waals surface area (Å²) < 4.78 is 5.43. The van der Waals surface area contributed by atoms with Crippen LogP contribution in [0, 0.1) is 11.8 Å². The van der Waals surface area contributed by atoms with E-state index >= 15 is 0 Å². The molecule has 2 aliphatic rings. The van der Waals surface area contributed by atoms with Gasteiger partial charge in [0.15, 0.2) is 0 Å². The molecule has 0 radical (unpaired) electrons. The quantitative estimate of drug-likeness (QED) is 0.814. The first kappa shape index (κ1) is 12.5. The zero-order chi connectivity index (χ0) is 13.2. The highest BCUT2D eigenvalue weighted by molar-refractivity contribution is 5.68. The summed E-state index contributed by atoms with van der Waals surface area (Å²) in [6, 6.07) is 10.2. The summed E-state index contributed by atoms with van der Waals surface area (Å²) in [7, 11) is 0. The summed E-state index contributed by atoms with van der Waals surface area (Å²) >= 11 is 0. The SMILES string of the molecule is C[C@@H]1[C@@H]2CCC[C@H]2CN1C(=O)OCc1ccccc1. The number of carbonyl (C=O) groups excluding carboxylic acids is 1. The van der Waals surface area contributed by atoms with Crippen LogP contribution in [0.1, 0.15) is 31.7 Å². The van der Waals surface area contributed by atoms with Crippen LogP contribution in [0.5, 0.6) is 0 Å². The Morgan fingerprint density at radius 2 is 2.11 bits per heavy atom. The second-order valence-electron chi connectivity index (χ2n) is 5.79. The minimum atomic E-state index is -0.147. The van der Waals surface area contributed by atoms with Gasteiger partial charge in [0.25, 0.3) is 0 Å². The average Bonchev–Trinajstić information content (AvgIpc) is 3.01. The van der Waals surface area contributed by atoms with Gasteiger partial charge >= 0.3 is 6.09 Å². The van der Waals surface area contributed by atoms with Crippen molar-refractivity contribution in [3.63, 3.8) is 0 Å². The van der Waals surface area contributed by atoms with Crippen molar-refractivity contribution in [3.8, 4) is 0 Å². The molecule has 1 heterocycles. The fourth-order valence-corrected chi connectivity index (χ4v) is 3.62. The van der Waals surface area contributed by atoms with Crippen molar-refractivity contribution in [3.05, 3.63) is 35.9 Å². The number of carbonyl (C=O) groups is 1. The topological polar surface area (TPSA) is 29.5 Å². The number of nitrogens with zero attached hydrogens (tertiary/aromatic N) is 1. The van der Waals surface area contributed by atoms with E-state index in [0.29, 0.717) is 24.5 Å². The minimum Gasteiger partial charge on any atom is -0.445 e. The molecule has 3 nitrogen and oxygen atoms in total. The van der Waals surface area contributed by atoms with Gasteiger partial charge in [-0.1, -0.05) is 36.8 Å². The van der Waals surface area contributed by atoms with E-state index in [9.17, 15) is 4.79 Å². The Kier molecular flexibility index (Phi) is 3.45.